The average molecular weight is 141 g/mol. The molecular formula is C8H13O2. The van der Waals surface area contributed by atoms with E-state index in [9.17, 15) is 5.11 Å². The summed E-state index contributed by atoms with van der Waals surface area (Å²) in [7, 11) is 0. The zero-order valence-electron chi connectivity index (χ0n) is 6.05. The molecule has 0 aliphatic carbocycles. The first-order valence-corrected chi connectivity index (χ1v) is 3.44. The SMILES string of the molecule is [CH2]C(O)(CC=C)CC1CO1. The molecule has 0 aromatic carbocycles. The predicted molar refractivity (Wildman–Crippen MR) is 39.5 cm³/mol. The first-order chi connectivity index (χ1) is 4.64. The monoisotopic (exact) mass is 141 g/mol. The van der Waals surface area contributed by atoms with Gasteiger partial charge in [0, 0.05) is 6.42 Å². The van der Waals surface area contributed by atoms with Gasteiger partial charge in [-0.3, -0.25) is 0 Å². The molecule has 0 spiro atoms. The Hall–Kier alpha value is -0.340. The first kappa shape index (κ1) is 7.76. The van der Waals surface area contributed by atoms with Crippen molar-refractivity contribution in [3.63, 3.8) is 0 Å². The van der Waals surface area contributed by atoms with Crippen molar-refractivity contribution in [2.24, 2.45) is 0 Å². The van der Waals surface area contributed by atoms with Crippen molar-refractivity contribution >= 4 is 0 Å². The normalized spacial score (nSPS) is 29.2. The fourth-order valence-corrected chi connectivity index (χ4v) is 0.962. The topological polar surface area (TPSA) is 32.8 Å². The molecular weight excluding hydrogens is 128 g/mol. The fraction of sp³-hybridized carbons (Fsp3) is 0.625. The Morgan fingerprint density at radius 2 is 2.40 bits per heavy atom. The van der Waals surface area contributed by atoms with Gasteiger partial charge in [0.05, 0.1) is 18.3 Å². The summed E-state index contributed by atoms with van der Waals surface area (Å²) in [4.78, 5) is 0. The van der Waals surface area contributed by atoms with Gasteiger partial charge in [-0.2, -0.15) is 0 Å². The van der Waals surface area contributed by atoms with Gasteiger partial charge in [-0.15, -0.1) is 6.58 Å². The molecule has 2 atom stereocenters. The highest BCUT2D eigenvalue weighted by Crippen LogP contribution is 2.24. The van der Waals surface area contributed by atoms with Gasteiger partial charge in [0.15, 0.2) is 0 Å². The van der Waals surface area contributed by atoms with Crippen LogP contribution in [0.2, 0.25) is 0 Å². The second-order valence-corrected chi connectivity index (χ2v) is 2.88. The highest BCUT2D eigenvalue weighted by molar-refractivity contribution is 4.93. The number of hydrogen-bond donors (Lipinski definition) is 1. The zero-order valence-corrected chi connectivity index (χ0v) is 6.05. The van der Waals surface area contributed by atoms with Gasteiger partial charge in [0.2, 0.25) is 0 Å². The standard InChI is InChI=1S/C8H13O2/c1-3-4-8(2,9)5-7-6-10-7/h3,7,9H,1-2,4-6H2. The van der Waals surface area contributed by atoms with E-state index in [2.05, 4.69) is 13.5 Å². The first-order valence-electron chi connectivity index (χ1n) is 3.44. The summed E-state index contributed by atoms with van der Waals surface area (Å²) >= 11 is 0. The predicted octanol–water partition coefficient (Wildman–Crippen LogP) is 0.917. The Bertz CT molecular complexity index is 125. The Balaban J connectivity index is 2.25. The maximum absolute atomic E-state index is 9.46. The molecule has 0 aromatic rings. The van der Waals surface area contributed by atoms with Crippen LogP contribution in [-0.2, 0) is 4.74 Å². The van der Waals surface area contributed by atoms with Gasteiger partial charge in [0.25, 0.3) is 0 Å². The minimum absolute atomic E-state index is 0.238. The Kier molecular flexibility index (Phi) is 2.11. The van der Waals surface area contributed by atoms with Crippen molar-refractivity contribution in [1.29, 1.82) is 0 Å². The Labute approximate surface area is 61.5 Å². The molecule has 0 bridgehead atoms. The van der Waals surface area contributed by atoms with Crippen LogP contribution in [0.5, 0.6) is 0 Å². The third kappa shape index (κ3) is 2.50. The van der Waals surface area contributed by atoms with Crippen LogP contribution in [0.1, 0.15) is 12.8 Å². The van der Waals surface area contributed by atoms with Gasteiger partial charge in [-0.05, 0) is 13.3 Å². The lowest BCUT2D eigenvalue weighted by molar-refractivity contribution is 0.0727. The van der Waals surface area contributed by atoms with E-state index < -0.39 is 5.60 Å². The quantitative estimate of drug-likeness (QED) is 0.466. The van der Waals surface area contributed by atoms with E-state index in [1.807, 2.05) is 0 Å². The molecule has 1 aliphatic heterocycles. The molecule has 2 nitrogen and oxygen atoms in total. The van der Waals surface area contributed by atoms with Crippen LogP contribution < -0.4 is 0 Å². The van der Waals surface area contributed by atoms with Crippen molar-refractivity contribution in [2.75, 3.05) is 6.61 Å². The van der Waals surface area contributed by atoms with Crippen LogP contribution in [-0.4, -0.2) is 23.4 Å². The van der Waals surface area contributed by atoms with E-state index >= 15 is 0 Å². The van der Waals surface area contributed by atoms with Crippen molar-refractivity contribution < 1.29 is 9.84 Å². The van der Waals surface area contributed by atoms with Crippen molar-refractivity contribution in [1.82, 2.24) is 0 Å². The maximum atomic E-state index is 9.46. The molecule has 0 saturated carbocycles. The second kappa shape index (κ2) is 2.72. The van der Waals surface area contributed by atoms with Crippen molar-refractivity contribution in [3.05, 3.63) is 19.6 Å². The van der Waals surface area contributed by atoms with E-state index in [4.69, 9.17) is 4.74 Å². The molecule has 1 fully saturated rings. The minimum Gasteiger partial charge on any atom is -0.389 e. The summed E-state index contributed by atoms with van der Waals surface area (Å²) < 4.78 is 4.96. The third-order valence-corrected chi connectivity index (χ3v) is 1.53. The molecule has 0 aromatic heterocycles. The van der Waals surface area contributed by atoms with Crippen LogP contribution in [0.3, 0.4) is 0 Å². The smallest absolute Gasteiger partial charge is 0.0837 e. The molecule has 1 aliphatic rings. The maximum Gasteiger partial charge on any atom is 0.0837 e. The van der Waals surface area contributed by atoms with Crippen LogP contribution in [0.25, 0.3) is 0 Å². The van der Waals surface area contributed by atoms with Crippen LogP contribution >= 0.6 is 0 Å². The summed E-state index contributed by atoms with van der Waals surface area (Å²) in [6, 6.07) is 0. The number of aliphatic hydroxyl groups is 1. The molecule has 1 rings (SSSR count). The summed E-state index contributed by atoms with van der Waals surface area (Å²) in [5.74, 6) is 0. The molecule has 2 heteroatoms. The van der Waals surface area contributed by atoms with Gasteiger partial charge >= 0.3 is 0 Å². The van der Waals surface area contributed by atoms with Crippen molar-refractivity contribution in [3.8, 4) is 0 Å². The highest BCUT2D eigenvalue weighted by atomic mass is 16.6. The van der Waals surface area contributed by atoms with Crippen molar-refractivity contribution in [2.45, 2.75) is 24.5 Å². The number of rotatable bonds is 4. The molecule has 1 radical (unpaired) electrons. The summed E-state index contributed by atoms with van der Waals surface area (Å²) in [5.41, 5.74) is -0.858. The number of epoxide rings is 1. The van der Waals surface area contributed by atoms with Gasteiger partial charge in [0.1, 0.15) is 0 Å². The van der Waals surface area contributed by atoms with Crippen LogP contribution in [0.4, 0.5) is 0 Å². The third-order valence-electron chi connectivity index (χ3n) is 1.53. The number of ether oxygens (including phenoxy) is 1. The molecule has 0 amide bonds. The molecule has 10 heavy (non-hydrogen) atoms. The van der Waals surface area contributed by atoms with Crippen LogP contribution in [0, 0.1) is 6.92 Å². The number of hydrogen-bond acceptors (Lipinski definition) is 2. The molecule has 2 unspecified atom stereocenters. The van der Waals surface area contributed by atoms with E-state index in [1.54, 1.807) is 6.08 Å². The fourth-order valence-electron chi connectivity index (χ4n) is 0.962. The Morgan fingerprint density at radius 1 is 1.80 bits per heavy atom. The summed E-state index contributed by atoms with van der Waals surface area (Å²) in [6.07, 6.45) is 3.07. The van der Waals surface area contributed by atoms with E-state index in [0.29, 0.717) is 12.8 Å². The van der Waals surface area contributed by atoms with Gasteiger partial charge < -0.3 is 9.84 Å². The summed E-state index contributed by atoms with van der Waals surface area (Å²) in [5, 5.41) is 9.46. The lowest BCUT2D eigenvalue weighted by Crippen LogP contribution is -2.25. The molecule has 1 saturated heterocycles. The minimum atomic E-state index is -0.858. The second-order valence-electron chi connectivity index (χ2n) is 2.88. The van der Waals surface area contributed by atoms with Crippen LogP contribution in [0.15, 0.2) is 12.7 Å². The van der Waals surface area contributed by atoms with E-state index in [-0.39, 0.29) is 6.10 Å². The highest BCUT2D eigenvalue weighted by Gasteiger charge is 2.31. The summed E-state index contributed by atoms with van der Waals surface area (Å²) in [6.45, 7) is 7.95. The van der Waals surface area contributed by atoms with Gasteiger partial charge in [-0.25, -0.2) is 0 Å². The van der Waals surface area contributed by atoms with E-state index in [0.717, 1.165) is 6.61 Å². The lowest BCUT2D eigenvalue weighted by Gasteiger charge is -2.19. The van der Waals surface area contributed by atoms with Gasteiger partial charge in [-0.1, -0.05) is 6.08 Å². The van der Waals surface area contributed by atoms with E-state index in [1.165, 1.54) is 0 Å². The molecule has 57 valence electrons. The molecule has 1 heterocycles. The Morgan fingerprint density at radius 3 is 2.80 bits per heavy atom. The molecule has 1 N–H and O–H groups in total. The zero-order chi connectivity index (χ0) is 7.61. The average Bonchev–Trinajstić information content (AvgIpc) is 2.48. The lowest BCUT2D eigenvalue weighted by atomic mass is 9.97. The largest absolute Gasteiger partial charge is 0.389 e.